The maximum Gasteiger partial charge on any atom is 0.333 e. The fourth-order valence-electron chi connectivity index (χ4n) is 2.94. The Bertz CT molecular complexity index is 440. The van der Waals surface area contributed by atoms with E-state index in [9.17, 15) is 9.59 Å². The van der Waals surface area contributed by atoms with Crippen molar-refractivity contribution in [2.75, 3.05) is 26.3 Å². The molecule has 0 saturated carbocycles. The third kappa shape index (κ3) is 2.04. The molecule has 3 aliphatic heterocycles. The monoisotopic (exact) mass is 266 g/mol. The highest BCUT2D eigenvalue weighted by atomic mass is 16.5. The maximum atomic E-state index is 12.8. The molecule has 1 amide bonds. The van der Waals surface area contributed by atoms with E-state index in [4.69, 9.17) is 9.47 Å². The average molecular weight is 266 g/mol. The highest BCUT2D eigenvalue weighted by Crippen LogP contribution is 2.33. The quantitative estimate of drug-likeness (QED) is 0.666. The van der Waals surface area contributed by atoms with Crippen LogP contribution >= 0.6 is 0 Å². The van der Waals surface area contributed by atoms with Gasteiger partial charge >= 0.3 is 5.97 Å². The van der Waals surface area contributed by atoms with Crippen LogP contribution in [0.15, 0.2) is 11.8 Å². The zero-order chi connectivity index (χ0) is 13.5. The predicted molar refractivity (Wildman–Crippen MR) is 66.1 cm³/mol. The Hall–Kier alpha value is -1.40. The van der Waals surface area contributed by atoms with Gasteiger partial charge in [-0.3, -0.25) is 4.79 Å². The lowest BCUT2D eigenvalue weighted by atomic mass is 9.88. The van der Waals surface area contributed by atoms with Crippen LogP contribution in [0.25, 0.3) is 0 Å². The van der Waals surface area contributed by atoms with Gasteiger partial charge in [0.15, 0.2) is 0 Å². The van der Waals surface area contributed by atoms with Crippen molar-refractivity contribution in [2.24, 2.45) is 0 Å². The van der Waals surface area contributed by atoms with Crippen LogP contribution < -0.4 is 5.32 Å². The first-order chi connectivity index (χ1) is 9.12. The van der Waals surface area contributed by atoms with E-state index in [-0.39, 0.29) is 24.5 Å². The van der Waals surface area contributed by atoms with Crippen molar-refractivity contribution in [1.82, 2.24) is 10.2 Å². The van der Waals surface area contributed by atoms with Gasteiger partial charge in [0.25, 0.3) is 5.91 Å². The molecule has 1 unspecified atom stereocenters. The van der Waals surface area contributed by atoms with Gasteiger partial charge in [-0.15, -0.1) is 0 Å². The zero-order valence-electron chi connectivity index (χ0n) is 11.0. The second kappa shape index (κ2) is 4.61. The van der Waals surface area contributed by atoms with E-state index in [0.717, 1.165) is 13.1 Å². The summed E-state index contributed by atoms with van der Waals surface area (Å²) in [6.45, 7) is 4.17. The number of carbonyl (C=O) groups excluding carboxylic acids is 2. The summed E-state index contributed by atoms with van der Waals surface area (Å²) in [5.41, 5.74) is -0.0618. The molecule has 2 saturated heterocycles. The Morgan fingerprint density at radius 2 is 2.11 bits per heavy atom. The van der Waals surface area contributed by atoms with Gasteiger partial charge in [-0.1, -0.05) is 0 Å². The van der Waals surface area contributed by atoms with Gasteiger partial charge in [0.2, 0.25) is 0 Å². The lowest BCUT2D eigenvalue weighted by Gasteiger charge is -2.46. The normalized spacial score (nSPS) is 30.5. The Morgan fingerprint density at radius 1 is 1.37 bits per heavy atom. The molecule has 6 nitrogen and oxygen atoms in total. The minimum absolute atomic E-state index is 0.0303. The fraction of sp³-hybridized carbons (Fsp3) is 0.692. The Kier molecular flexibility index (Phi) is 3.06. The second-order valence-electron chi connectivity index (χ2n) is 5.32. The first-order valence-electron chi connectivity index (χ1n) is 6.68. The van der Waals surface area contributed by atoms with Crippen LogP contribution in [0, 0.1) is 0 Å². The van der Waals surface area contributed by atoms with Gasteiger partial charge < -0.3 is 19.7 Å². The number of nitrogens with zero attached hydrogens (tertiary/aromatic N) is 1. The highest BCUT2D eigenvalue weighted by Gasteiger charge is 2.49. The topological polar surface area (TPSA) is 67.9 Å². The van der Waals surface area contributed by atoms with Gasteiger partial charge in [-0.25, -0.2) is 4.79 Å². The van der Waals surface area contributed by atoms with Crippen LogP contribution in [0.5, 0.6) is 0 Å². The van der Waals surface area contributed by atoms with Crippen molar-refractivity contribution >= 4 is 11.9 Å². The molecule has 0 aliphatic carbocycles. The summed E-state index contributed by atoms with van der Waals surface area (Å²) in [7, 11) is 0. The standard InChI is InChI=1S/C13H18N2O4/c1-9-7-19-13(2-4-14-5-3-13)12(17)15(9)10-6-11(16)18-8-10/h6,9,14H,2-5,7-8H2,1H3. The molecule has 3 aliphatic rings. The number of cyclic esters (lactones) is 1. The number of hydrogen-bond acceptors (Lipinski definition) is 5. The van der Waals surface area contributed by atoms with E-state index in [1.165, 1.54) is 6.08 Å². The van der Waals surface area contributed by atoms with Gasteiger partial charge in [0.1, 0.15) is 12.2 Å². The predicted octanol–water partition coefficient (Wildman–Crippen LogP) is -0.203. The largest absolute Gasteiger partial charge is 0.456 e. The first kappa shape index (κ1) is 12.6. The Balaban J connectivity index is 1.87. The summed E-state index contributed by atoms with van der Waals surface area (Å²) in [5.74, 6) is -0.404. The van der Waals surface area contributed by atoms with Crippen molar-refractivity contribution in [3.05, 3.63) is 11.8 Å². The molecule has 3 heterocycles. The molecular formula is C13H18N2O4. The van der Waals surface area contributed by atoms with Crippen molar-refractivity contribution < 1.29 is 19.1 Å². The zero-order valence-corrected chi connectivity index (χ0v) is 11.0. The summed E-state index contributed by atoms with van der Waals surface area (Å²) < 4.78 is 10.8. The molecule has 0 bridgehead atoms. The lowest BCUT2D eigenvalue weighted by Crippen LogP contribution is -2.62. The Morgan fingerprint density at radius 3 is 2.74 bits per heavy atom. The molecule has 0 aromatic heterocycles. The molecule has 19 heavy (non-hydrogen) atoms. The smallest absolute Gasteiger partial charge is 0.333 e. The molecule has 104 valence electrons. The Labute approximate surface area is 111 Å². The van der Waals surface area contributed by atoms with E-state index in [1.807, 2.05) is 6.92 Å². The second-order valence-corrected chi connectivity index (χ2v) is 5.32. The number of hydrogen-bond donors (Lipinski definition) is 1. The van der Waals surface area contributed by atoms with Crippen molar-refractivity contribution in [1.29, 1.82) is 0 Å². The third-order valence-electron chi connectivity index (χ3n) is 4.02. The summed E-state index contributed by atoms with van der Waals surface area (Å²) >= 11 is 0. The summed E-state index contributed by atoms with van der Waals surface area (Å²) in [4.78, 5) is 25.7. The lowest BCUT2D eigenvalue weighted by molar-refractivity contribution is -0.180. The van der Waals surface area contributed by atoms with Gasteiger partial charge in [0, 0.05) is 6.08 Å². The van der Waals surface area contributed by atoms with Crippen molar-refractivity contribution in [3.63, 3.8) is 0 Å². The molecule has 0 radical (unpaired) electrons. The number of nitrogens with one attached hydrogen (secondary N) is 1. The molecule has 3 rings (SSSR count). The number of amides is 1. The number of morpholine rings is 1. The number of piperidine rings is 1. The van der Waals surface area contributed by atoms with E-state index in [1.54, 1.807) is 4.90 Å². The van der Waals surface area contributed by atoms with Crippen LogP contribution in [0.4, 0.5) is 0 Å². The van der Waals surface area contributed by atoms with E-state index in [0.29, 0.717) is 25.1 Å². The van der Waals surface area contributed by atoms with Crippen molar-refractivity contribution in [3.8, 4) is 0 Å². The van der Waals surface area contributed by atoms with E-state index in [2.05, 4.69) is 5.32 Å². The molecule has 6 heteroatoms. The van der Waals surface area contributed by atoms with Crippen molar-refractivity contribution in [2.45, 2.75) is 31.4 Å². The molecule has 2 fully saturated rings. The summed E-state index contributed by atoms with van der Waals surface area (Å²) in [6, 6.07) is -0.0613. The van der Waals surface area contributed by atoms with Crippen LogP contribution in [0.3, 0.4) is 0 Å². The minimum Gasteiger partial charge on any atom is -0.456 e. The fourth-order valence-corrected chi connectivity index (χ4v) is 2.94. The molecule has 1 spiro atoms. The number of ether oxygens (including phenoxy) is 2. The highest BCUT2D eigenvalue weighted by molar-refractivity contribution is 5.91. The molecular weight excluding hydrogens is 248 g/mol. The van der Waals surface area contributed by atoms with E-state index < -0.39 is 5.60 Å². The van der Waals surface area contributed by atoms with E-state index >= 15 is 0 Å². The van der Waals surface area contributed by atoms with Crippen LogP contribution in [0.1, 0.15) is 19.8 Å². The van der Waals surface area contributed by atoms with Gasteiger partial charge in [0.05, 0.1) is 18.3 Å². The number of rotatable bonds is 1. The molecule has 0 aromatic carbocycles. The number of esters is 1. The summed E-state index contributed by atoms with van der Waals surface area (Å²) in [6.07, 6.45) is 2.77. The number of carbonyl (C=O) groups is 2. The molecule has 1 atom stereocenters. The van der Waals surface area contributed by atoms with Crippen LogP contribution in [-0.4, -0.2) is 54.7 Å². The SMILES string of the molecule is CC1COC2(CCNCC2)C(=O)N1C1=CC(=O)OC1. The van der Waals surface area contributed by atoms with Gasteiger partial charge in [-0.2, -0.15) is 0 Å². The average Bonchev–Trinajstić information content (AvgIpc) is 2.83. The molecule has 1 N–H and O–H groups in total. The molecule has 0 aromatic rings. The first-order valence-corrected chi connectivity index (χ1v) is 6.68. The van der Waals surface area contributed by atoms with Crippen LogP contribution in [-0.2, 0) is 19.1 Å². The third-order valence-corrected chi connectivity index (χ3v) is 4.02. The van der Waals surface area contributed by atoms with Gasteiger partial charge in [-0.05, 0) is 32.9 Å². The summed E-state index contributed by atoms with van der Waals surface area (Å²) in [5, 5.41) is 3.24. The maximum absolute atomic E-state index is 12.8. The minimum atomic E-state index is -0.718. The van der Waals surface area contributed by atoms with Crippen LogP contribution in [0.2, 0.25) is 0 Å².